The molecule has 0 unspecified atom stereocenters. The van der Waals surface area contributed by atoms with E-state index in [0.29, 0.717) is 23.0 Å². The standard InChI is InChI=1S/C24H27FN4O3S2/c1-3-17(2)28(19-13-14-34(31,32)16-19)22(30)15-33-24-27-26-23(20-11-7-8-12-21(20)25)29(24)18-9-5-4-6-10-18/h4-12,17,19H,3,13-16H2,1-2H3/t17-,19+/m1/s1. The van der Waals surface area contributed by atoms with Crippen LogP contribution in [0.15, 0.2) is 59.8 Å². The number of thioether (sulfide) groups is 1. The van der Waals surface area contributed by atoms with Crippen molar-refractivity contribution in [3.8, 4) is 17.1 Å². The van der Waals surface area contributed by atoms with Crippen molar-refractivity contribution < 1.29 is 17.6 Å². The molecule has 3 aromatic rings. The maximum atomic E-state index is 14.6. The monoisotopic (exact) mass is 502 g/mol. The van der Waals surface area contributed by atoms with E-state index in [1.807, 2.05) is 44.2 Å². The van der Waals surface area contributed by atoms with Crippen molar-refractivity contribution in [3.63, 3.8) is 0 Å². The molecule has 4 rings (SSSR count). The van der Waals surface area contributed by atoms with E-state index in [1.54, 1.807) is 27.7 Å². The largest absolute Gasteiger partial charge is 0.335 e. The highest BCUT2D eigenvalue weighted by atomic mass is 32.2. The van der Waals surface area contributed by atoms with Crippen molar-refractivity contribution in [3.05, 3.63) is 60.4 Å². The van der Waals surface area contributed by atoms with Crippen LogP contribution in [0.5, 0.6) is 0 Å². The van der Waals surface area contributed by atoms with Crippen LogP contribution in [0.2, 0.25) is 0 Å². The molecule has 0 radical (unpaired) electrons. The number of halogens is 1. The average Bonchev–Trinajstić information content (AvgIpc) is 3.41. The number of hydrogen-bond acceptors (Lipinski definition) is 6. The molecule has 10 heteroatoms. The van der Waals surface area contributed by atoms with Gasteiger partial charge in [0.05, 0.1) is 22.8 Å². The molecule has 180 valence electrons. The van der Waals surface area contributed by atoms with Gasteiger partial charge in [-0.05, 0) is 44.0 Å². The lowest BCUT2D eigenvalue weighted by molar-refractivity contribution is -0.132. The highest BCUT2D eigenvalue weighted by Gasteiger charge is 2.36. The molecule has 0 spiro atoms. The first-order chi connectivity index (χ1) is 16.3. The van der Waals surface area contributed by atoms with Gasteiger partial charge < -0.3 is 4.90 Å². The number of sulfone groups is 1. The highest BCUT2D eigenvalue weighted by molar-refractivity contribution is 7.99. The van der Waals surface area contributed by atoms with Crippen molar-refractivity contribution in [1.29, 1.82) is 0 Å². The Hall–Kier alpha value is -2.72. The molecule has 1 amide bonds. The van der Waals surface area contributed by atoms with Crippen molar-refractivity contribution in [2.45, 2.75) is 43.9 Å². The smallest absolute Gasteiger partial charge is 0.233 e. The van der Waals surface area contributed by atoms with Crippen LogP contribution in [0, 0.1) is 5.82 Å². The SMILES string of the molecule is CC[C@@H](C)N(C(=O)CSc1nnc(-c2ccccc2F)n1-c1ccccc1)[C@H]1CCS(=O)(=O)C1. The van der Waals surface area contributed by atoms with Crippen LogP contribution in [0.25, 0.3) is 17.1 Å². The van der Waals surface area contributed by atoms with Gasteiger partial charge in [-0.25, -0.2) is 12.8 Å². The summed E-state index contributed by atoms with van der Waals surface area (Å²) in [6, 6.07) is 15.3. The van der Waals surface area contributed by atoms with Gasteiger partial charge in [-0.2, -0.15) is 0 Å². The normalized spacial score (nSPS) is 18.0. The molecule has 7 nitrogen and oxygen atoms in total. The Morgan fingerprint density at radius 3 is 2.53 bits per heavy atom. The van der Waals surface area contributed by atoms with Gasteiger partial charge in [-0.3, -0.25) is 9.36 Å². The van der Waals surface area contributed by atoms with Gasteiger partial charge in [-0.1, -0.05) is 49.0 Å². The summed E-state index contributed by atoms with van der Waals surface area (Å²) in [4.78, 5) is 15.0. The zero-order valence-electron chi connectivity index (χ0n) is 19.1. The fourth-order valence-corrected chi connectivity index (χ4v) is 6.72. The van der Waals surface area contributed by atoms with Crippen LogP contribution in [0.4, 0.5) is 4.39 Å². The quantitative estimate of drug-likeness (QED) is 0.433. The van der Waals surface area contributed by atoms with Crippen molar-refractivity contribution in [2.75, 3.05) is 17.3 Å². The van der Waals surface area contributed by atoms with Crippen molar-refractivity contribution in [1.82, 2.24) is 19.7 Å². The third kappa shape index (κ3) is 5.17. The molecule has 1 aromatic heterocycles. The zero-order chi connectivity index (χ0) is 24.3. The Labute approximate surface area is 203 Å². The molecule has 0 aliphatic carbocycles. The maximum absolute atomic E-state index is 14.6. The van der Waals surface area contributed by atoms with Crippen LogP contribution >= 0.6 is 11.8 Å². The Morgan fingerprint density at radius 2 is 1.88 bits per heavy atom. The highest BCUT2D eigenvalue weighted by Crippen LogP contribution is 2.30. The predicted molar refractivity (Wildman–Crippen MR) is 131 cm³/mol. The van der Waals surface area contributed by atoms with Crippen molar-refractivity contribution >= 4 is 27.5 Å². The Morgan fingerprint density at radius 1 is 1.18 bits per heavy atom. The number of aromatic nitrogens is 3. The fourth-order valence-electron chi connectivity index (χ4n) is 4.19. The number of rotatable bonds is 8. The molecule has 2 aromatic carbocycles. The Kier molecular flexibility index (Phi) is 7.37. The minimum atomic E-state index is -3.12. The van der Waals surface area contributed by atoms with Crippen molar-refractivity contribution in [2.24, 2.45) is 0 Å². The minimum Gasteiger partial charge on any atom is -0.335 e. The Balaban J connectivity index is 1.62. The molecule has 2 atom stereocenters. The van der Waals surface area contributed by atoms with E-state index in [4.69, 9.17) is 0 Å². The van der Waals surface area contributed by atoms with Gasteiger partial charge in [0.1, 0.15) is 5.82 Å². The Bertz CT molecular complexity index is 1260. The van der Waals surface area contributed by atoms with E-state index in [2.05, 4.69) is 10.2 Å². The number of amides is 1. The molecule has 34 heavy (non-hydrogen) atoms. The second-order valence-electron chi connectivity index (χ2n) is 8.36. The maximum Gasteiger partial charge on any atom is 0.233 e. The van der Waals surface area contributed by atoms with Gasteiger partial charge in [0.15, 0.2) is 20.8 Å². The van der Waals surface area contributed by atoms with Gasteiger partial charge >= 0.3 is 0 Å². The van der Waals surface area contributed by atoms with Crippen LogP contribution in [-0.4, -0.2) is 63.3 Å². The first-order valence-corrected chi connectivity index (χ1v) is 14.0. The summed E-state index contributed by atoms with van der Waals surface area (Å²) >= 11 is 1.21. The lowest BCUT2D eigenvalue weighted by atomic mass is 10.1. The molecule has 0 bridgehead atoms. The van der Waals surface area contributed by atoms with E-state index in [-0.39, 0.29) is 35.2 Å². The molecule has 1 saturated heterocycles. The van der Waals surface area contributed by atoms with Gasteiger partial charge in [-0.15, -0.1) is 10.2 Å². The summed E-state index contributed by atoms with van der Waals surface area (Å²) in [6.45, 7) is 3.92. The molecular weight excluding hydrogens is 475 g/mol. The second-order valence-corrected chi connectivity index (χ2v) is 11.5. The van der Waals surface area contributed by atoms with Crippen LogP contribution in [0.3, 0.4) is 0 Å². The molecule has 1 aliphatic heterocycles. The number of carbonyl (C=O) groups is 1. The van der Waals surface area contributed by atoms with E-state index < -0.39 is 15.7 Å². The van der Waals surface area contributed by atoms with E-state index in [1.165, 1.54) is 17.8 Å². The molecule has 0 saturated carbocycles. The number of carbonyl (C=O) groups excluding carboxylic acids is 1. The molecule has 1 aliphatic rings. The first-order valence-electron chi connectivity index (χ1n) is 11.2. The topological polar surface area (TPSA) is 85.2 Å². The van der Waals surface area contributed by atoms with E-state index in [0.717, 1.165) is 12.1 Å². The van der Waals surface area contributed by atoms with Crippen LogP contribution in [-0.2, 0) is 14.6 Å². The van der Waals surface area contributed by atoms with Crippen LogP contribution < -0.4 is 0 Å². The molecule has 0 N–H and O–H groups in total. The molecule has 2 heterocycles. The number of hydrogen-bond donors (Lipinski definition) is 0. The van der Waals surface area contributed by atoms with E-state index >= 15 is 0 Å². The third-order valence-corrected chi connectivity index (χ3v) is 8.71. The average molecular weight is 503 g/mol. The second kappa shape index (κ2) is 10.3. The summed E-state index contributed by atoms with van der Waals surface area (Å²) in [5.74, 6) is -0.0186. The molecular formula is C24H27FN4O3S2. The lowest BCUT2D eigenvalue weighted by Crippen LogP contribution is -2.47. The predicted octanol–water partition coefficient (Wildman–Crippen LogP) is 3.98. The summed E-state index contributed by atoms with van der Waals surface area (Å²) in [6.07, 6.45) is 1.19. The fraction of sp³-hybridized carbons (Fsp3) is 0.375. The number of para-hydroxylation sites is 1. The van der Waals surface area contributed by atoms with Gasteiger partial charge in [0.2, 0.25) is 5.91 Å². The zero-order valence-corrected chi connectivity index (χ0v) is 20.7. The summed E-state index contributed by atoms with van der Waals surface area (Å²) in [5, 5.41) is 8.97. The number of nitrogens with zero attached hydrogens (tertiary/aromatic N) is 4. The third-order valence-electron chi connectivity index (χ3n) is 6.04. The minimum absolute atomic E-state index is 0.00533. The van der Waals surface area contributed by atoms with Gasteiger partial charge in [0.25, 0.3) is 0 Å². The van der Waals surface area contributed by atoms with Gasteiger partial charge in [0, 0.05) is 17.8 Å². The summed E-state index contributed by atoms with van der Waals surface area (Å²) in [5.41, 5.74) is 1.07. The summed E-state index contributed by atoms with van der Waals surface area (Å²) in [7, 11) is -3.12. The number of benzene rings is 2. The first kappa shape index (κ1) is 24.4. The molecule has 1 fully saturated rings. The van der Waals surface area contributed by atoms with E-state index in [9.17, 15) is 17.6 Å². The van der Waals surface area contributed by atoms with Crippen LogP contribution in [0.1, 0.15) is 26.7 Å². The summed E-state index contributed by atoms with van der Waals surface area (Å²) < 4.78 is 40.4. The lowest BCUT2D eigenvalue weighted by Gasteiger charge is -2.33.